The summed E-state index contributed by atoms with van der Waals surface area (Å²) in [5.74, 6) is -0.0325. The van der Waals surface area contributed by atoms with E-state index >= 15 is 0 Å². The SMILES string of the molecule is COC(=O)c1cc(-c2cc(N(Cc3ccc(Cl)cc3Cl)C(=O)OC(C)(C)C)n3nccc3n2)ccc1N1CCNCC1. The molecule has 0 unspecified atom stereocenters. The van der Waals surface area contributed by atoms with E-state index in [2.05, 4.69) is 15.3 Å². The highest BCUT2D eigenvalue weighted by atomic mass is 35.5. The smallest absolute Gasteiger partial charge is 0.416 e. The third kappa shape index (κ3) is 6.46. The second kappa shape index (κ2) is 12.2. The summed E-state index contributed by atoms with van der Waals surface area (Å²) in [5, 5.41) is 8.65. The van der Waals surface area contributed by atoms with Gasteiger partial charge in [-0.2, -0.15) is 9.61 Å². The number of nitrogens with one attached hydrogen (secondary N) is 1. The van der Waals surface area contributed by atoms with Crippen molar-refractivity contribution in [3.63, 3.8) is 0 Å². The monoisotopic (exact) mass is 610 g/mol. The van der Waals surface area contributed by atoms with Crippen LogP contribution >= 0.6 is 23.2 Å². The second-order valence-corrected chi connectivity index (χ2v) is 11.7. The number of fused-ring (bicyclic) bond motifs is 1. The number of esters is 1. The number of halogens is 2. The normalized spacial score (nSPS) is 13.7. The minimum absolute atomic E-state index is 0.0820. The average Bonchev–Trinajstić information content (AvgIpc) is 3.44. The number of hydrogen-bond acceptors (Lipinski definition) is 8. The molecule has 1 fully saturated rings. The van der Waals surface area contributed by atoms with Gasteiger partial charge in [-0.1, -0.05) is 35.3 Å². The molecule has 1 aliphatic heterocycles. The van der Waals surface area contributed by atoms with E-state index in [1.54, 1.807) is 67.9 Å². The second-order valence-electron chi connectivity index (χ2n) is 10.9. The number of carbonyl (C=O) groups excluding carboxylic acids is 2. The maximum atomic E-state index is 13.7. The molecule has 0 atom stereocenters. The van der Waals surface area contributed by atoms with E-state index in [0.29, 0.717) is 43.9 Å². The first-order valence-electron chi connectivity index (χ1n) is 13.5. The Balaban J connectivity index is 1.63. The number of benzene rings is 2. The van der Waals surface area contributed by atoms with Crippen molar-refractivity contribution >= 4 is 52.4 Å². The van der Waals surface area contributed by atoms with Gasteiger partial charge < -0.3 is 19.7 Å². The summed E-state index contributed by atoms with van der Waals surface area (Å²) >= 11 is 12.6. The van der Waals surface area contributed by atoms with Crippen LogP contribution in [0.15, 0.2) is 54.7 Å². The van der Waals surface area contributed by atoms with Crippen LogP contribution in [0.2, 0.25) is 10.0 Å². The Morgan fingerprint density at radius 3 is 2.50 bits per heavy atom. The molecule has 2 aromatic carbocycles. The minimum Gasteiger partial charge on any atom is -0.465 e. The predicted molar refractivity (Wildman–Crippen MR) is 164 cm³/mol. The van der Waals surface area contributed by atoms with Crippen LogP contribution < -0.4 is 15.1 Å². The highest BCUT2D eigenvalue weighted by Gasteiger charge is 2.28. The van der Waals surface area contributed by atoms with Gasteiger partial charge in [-0.05, 0) is 50.6 Å². The zero-order valence-electron chi connectivity index (χ0n) is 23.9. The molecule has 3 heterocycles. The van der Waals surface area contributed by atoms with E-state index in [4.69, 9.17) is 37.7 Å². The van der Waals surface area contributed by atoms with Crippen molar-refractivity contribution in [1.82, 2.24) is 19.9 Å². The van der Waals surface area contributed by atoms with Gasteiger partial charge in [-0.25, -0.2) is 14.6 Å². The number of anilines is 2. The lowest BCUT2D eigenvalue weighted by Gasteiger charge is -2.31. The zero-order valence-corrected chi connectivity index (χ0v) is 25.4. The van der Waals surface area contributed by atoms with E-state index in [0.717, 1.165) is 31.9 Å². The van der Waals surface area contributed by atoms with Crippen LogP contribution in [-0.4, -0.2) is 65.6 Å². The lowest BCUT2D eigenvalue weighted by Crippen LogP contribution is -2.44. The third-order valence-corrected chi connectivity index (χ3v) is 7.32. The van der Waals surface area contributed by atoms with Gasteiger partial charge in [-0.3, -0.25) is 4.90 Å². The fraction of sp³-hybridized carbons (Fsp3) is 0.333. The van der Waals surface area contributed by atoms with Crippen molar-refractivity contribution in [3.05, 3.63) is 75.9 Å². The Kier molecular flexibility index (Phi) is 8.58. The van der Waals surface area contributed by atoms with Crippen LogP contribution in [0.4, 0.5) is 16.3 Å². The summed E-state index contributed by atoms with van der Waals surface area (Å²) in [6.45, 7) is 8.67. The van der Waals surface area contributed by atoms with Crippen molar-refractivity contribution in [1.29, 1.82) is 0 Å². The topological polar surface area (TPSA) is 101 Å². The molecule has 0 saturated carbocycles. The largest absolute Gasteiger partial charge is 0.465 e. The highest BCUT2D eigenvalue weighted by molar-refractivity contribution is 6.35. The Hall–Kier alpha value is -3.86. The Bertz CT molecular complexity index is 1630. The van der Waals surface area contributed by atoms with Gasteiger partial charge in [0.15, 0.2) is 5.65 Å². The van der Waals surface area contributed by atoms with Crippen LogP contribution in [0, 0.1) is 0 Å². The third-order valence-electron chi connectivity index (χ3n) is 6.73. The van der Waals surface area contributed by atoms with Gasteiger partial charge in [-0.15, -0.1) is 0 Å². The number of nitrogens with zero attached hydrogens (tertiary/aromatic N) is 5. The van der Waals surface area contributed by atoms with Gasteiger partial charge in [0.2, 0.25) is 0 Å². The van der Waals surface area contributed by atoms with Crippen molar-refractivity contribution in [2.24, 2.45) is 0 Å². The quantitative estimate of drug-likeness (QED) is 0.272. The van der Waals surface area contributed by atoms with Crippen LogP contribution in [0.1, 0.15) is 36.7 Å². The Morgan fingerprint density at radius 2 is 1.81 bits per heavy atom. The molecule has 220 valence electrons. The molecule has 0 aliphatic carbocycles. The number of rotatable bonds is 6. The molecular formula is C30H32Cl2N6O4. The Morgan fingerprint density at radius 1 is 1.05 bits per heavy atom. The first-order valence-corrected chi connectivity index (χ1v) is 14.3. The number of aromatic nitrogens is 3. The maximum Gasteiger partial charge on any atom is 0.416 e. The first-order chi connectivity index (χ1) is 20.0. The molecule has 0 radical (unpaired) electrons. The van der Waals surface area contributed by atoms with Crippen LogP contribution in [0.25, 0.3) is 16.9 Å². The lowest BCUT2D eigenvalue weighted by atomic mass is 10.0. The van der Waals surface area contributed by atoms with E-state index < -0.39 is 17.7 Å². The number of ether oxygens (including phenoxy) is 2. The standard InChI is InChI=1S/C30H32Cl2N6O4/c1-30(2,3)42-29(40)37(18-20-5-7-21(31)16-23(20)32)27-17-24(35-26-9-10-34-38(26)27)19-6-8-25(22(15-19)28(39)41-4)36-13-11-33-12-14-36/h5-10,15-17,33H,11-14,18H2,1-4H3. The molecule has 1 amide bonds. The summed E-state index contributed by atoms with van der Waals surface area (Å²) in [7, 11) is 1.37. The van der Waals surface area contributed by atoms with Crippen LogP contribution in [-0.2, 0) is 16.0 Å². The van der Waals surface area contributed by atoms with Gasteiger partial charge in [0, 0.05) is 53.9 Å². The molecule has 1 aliphatic rings. The molecular weight excluding hydrogens is 579 g/mol. The van der Waals surface area contributed by atoms with Crippen LogP contribution in [0.3, 0.4) is 0 Å². The average molecular weight is 612 g/mol. The zero-order chi connectivity index (χ0) is 30.0. The number of amides is 1. The molecule has 12 heteroatoms. The maximum absolute atomic E-state index is 13.7. The number of piperazine rings is 1. The molecule has 5 rings (SSSR count). The summed E-state index contributed by atoms with van der Waals surface area (Å²) in [4.78, 5) is 35.0. The number of carbonyl (C=O) groups is 2. The minimum atomic E-state index is -0.757. The number of methoxy groups -OCH3 is 1. The summed E-state index contributed by atoms with van der Waals surface area (Å²) < 4.78 is 12.5. The molecule has 1 N–H and O–H groups in total. The van der Waals surface area contributed by atoms with E-state index in [1.807, 2.05) is 12.1 Å². The van der Waals surface area contributed by atoms with E-state index in [9.17, 15) is 9.59 Å². The summed E-state index contributed by atoms with van der Waals surface area (Å²) in [6, 6.07) is 14.2. The molecule has 2 aromatic heterocycles. The highest BCUT2D eigenvalue weighted by Crippen LogP contribution is 2.32. The van der Waals surface area contributed by atoms with Crippen molar-refractivity contribution in [3.8, 4) is 11.3 Å². The van der Waals surface area contributed by atoms with Crippen LogP contribution in [0.5, 0.6) is 0 Å². The van der Waals surface area contributed by atoms with Crippen molar-refractivity contribution in [2.45, 2.75) is 32.9 Å². The lowest BCUT2D eigenvalue weighted by molar-refractivity contribution is 0.0572. The van der Waals surface area contributed by atoms with Gasteiger partial charge in [0.1, 0.15) is 11.4 Å². The van der Waals surface area contributed by atoms with Gasteiger partial charge in [0.25, 0.3) is 0 Å². The fourth-order valence-electron chi connectivity index (χ4n) is 4.76. The summed E-state index contributed by atoms with van der Waals surface area (Å²) in [5.41, 5.74) is 2.85. The predicted octanol–water partition coefficient (Wildman–Crippen LogP) is 5.84. The number of hydrogen-bond donors (Lipinski definition) is 1. The Labute approximate surface area is 254 Å². The van der Waals surface area contributed by atoms with Crippen molar-refractivity contribution < 1.29 is 19.1 Å². The van der Waals surface area contributed by atoms with Gasteiger partial charge >= 0.3 is 12.1 Å². The molecule has 42 heavy (non-hydrogen) atoms. The van der Waals surface area contributed by atoms with Gasteiger partial charge in [0.05, 0.1) is 36.8 Å². The fourth-order valence-corrected chi connectivity index (χ4v) is 5.23. The molecule has 10 nitrogen and oxygen atoms in total. The summed E-state index contributed by atoms with van der Waals surface area (Å²) in [6.07, 6.45) is 1.01. The molecule has 0 spiro atoms. The first kappa shape index (κ1) is 29.6. The van der Waals surface area contributed by atoms with E-state index in [-0.39, 0.29) is 6.54 Å². The van der Waals surface area contributed by atoms with Crippen molar-refractivity contribution in [2.75, 3.05) is 43.1 Å². The molecule has 0 bridgehead atoms. The molecule has 1 saturated heterocycles. The van der Waals surface area contributed by atoms with E-state index in [1.165, 1.54) is 12.0 Å². The molecule has 4 aromatic rings.